The lowest BCUT2D eigenvalue weighted by atomic mass is 10.1. The molecule has 2 N–H and O–H groups in total. The summed E-state index contributed by atoms with van der Waals surface area (Å²) in [5.41, 5.74) is 0.874. The first-order valence-electron chi connectivity index (χ1n) is 7.46. The Morgan fingerprint density at radius 3 is 2.76 bits per heavy atom. The molecule has 0 bridgehead atoms. The highest BCUT2D eigenvalue weighted by Gasteiger charge is 2.13. The highest BCUT2D eigenvalue weighted by Crippen LogP contribution is 2.31. The normalized spacial score (nSPS) is 12.3. The number of hydrogen-bond acceptors (Lipinski definition) is 4. The van der Waals surface area contributed by atoms with Gasteiger partial charge in [-0.15, -0.1) is 11.3 Å². The Bertz CT molecular complexity index is 540. The molecule has 1 aromatic heterocycles. The Morgan fingerprint density at radius 2 is 2.10 bits per heavy atom. The van der Waals surface area contributed by atoms with E-state index in [4.69, 9.17) is 4.74 Å². The minimum Gasteiger partial charge on any atom is -0.504 e. The van der Waals surface area contributed by atoms with E-state index in [2.05, 4.69) is 29.8 Å². The standard InChI is InChI=1S/C17H23NO2S/c1-3-7-14(16-10-6-11-21-16)18-12-13-8-5-9-15(17(13)19)20-4-2/h5-6,8-11,14,18-19H,3-4,7,12H2,1-2H3. The molecular formula is C17H23NO2S. The van der Waals surface area contributed by atoms with Crippen LogP contribution in [0.25, 0.3) is 0 Å². The van der Waals surface area contributed by atoms with Gasteiger partial charge in [-0.05, 0) is 30.9 Å². The number of phenols is 1. The van der Waals surface area contributed by atoms with Crippen molar-refractivity contribution in [3.8, 4) is 11.5 Å². The number of nitrogens with one attached hydrogen (secondary N) is 1. The van der Waals surface area contributed by atoms with Crippen molar-refractivity contribution in [2.24, 2.45) is 0 Å². The van der Waals surface area contributed by atoms with Crippen molar-refractivity contribution in [2.75, 3.05) is 6.61 Å². The summed E-state index contributed by atoms with van der Waals surface area (Å²) in [4.78, 5) is 1.34. The molecule has 0 radical (unpaired) electrons. The number of phenolic OH excluding ortho intramolecular Hbond substituents is 1. The lowest BCUT2D eigenvalue weighted by Gasteiger charge is -2.18. The number of hydrogen-bond donors (Lipinski definition) is 2. The molecule has 1 unspecified atom stereocenters. The van der Waals surface area contributed by atoms with Crippen LogP contribution in [0.1, 0.15) is 43.2 Å². The Hall–Kier alpha value is -1.52. The zero-order valence-electron chi connectivity index (χ0n) is 12.6. The topological polar surface area (TPSA) is 41.5 Å². The Morgan fingerprint density at radius 1 is 1.24 bits per heavy atom. The minimum atomic E-state index is 0.244. The predicted octanol–water partition coefficient (Wildman–Crippen LogP) is 4.48. The number of thiophene rings is 1. The summed E-state index contributed by atoms with van der Waals surface area (Å²) in [5, 5.41) is 15.9. The molecular weight excluding hydrogens is 282 g/mol. The molecule has 0 saturated heterocycles. The summed E-state index contributed by atoms with van der Waals surface area (Å²) in [6.07, 6.45) is 2.22. The third-order valence-corrected chi connectivity index (χ3v) is 4.37. The van der Waals surface area contributed by atoms with Crippen molar-refractivity contribution in [1.29, 1.82) is 0 Å². The first kappa shape index (κ1) is 15.9. The first-order chi connectivity index (χ1) is 10.3. The minimum absolute atomic E-state index is 0.244. The second kappa shape index (κ2) is 8.05. The molecule has 3 nitrogen and oxygen atoms in total. The Labute approximate surface area is 130 Å². The van der Waals surface area contributed by atoms with Gasteiger partial charge in [0, 0.05) is 23.0 Å². The average Bonchev–Trinajstić information content (AvgIpc) is 3.01. The van der Waals surface area contributed by atoms with Crippen LogP contribution in [-0.2, 0) is 6.54 Å². The monoisotopic (exact) mass is 305 g/mol. The van der Waals surface area contributed by atoms with Crippen LogP contribution in [-0.4, -0.2) is 11.7 Å². The largest absolute Gasteiger partial charge is 0.504 e. The van der Waals surface area contributed by atoms with Gasteiger partial charge in [-0.1, -0.05) is 31.5 Å². The Kier molecular flexibility index (Phi) is 6.08. The third-order valence-electron chi connectivity index (χ3n) is 3.39. The van der Waals surface area contributed by atoms with Gasteiger partial charge in [0.25, 0.3) is 0 Å². The van der Waals surface area contributed by atoms with E-state index in [1.807, 2.05) is 19.1 Å². The number of aromatic hydroxyl groups is 1. The molecule has 0 aliphatic carbocycles. The van der Waals surface area contributed by atoms with Crippen molar-refractivity contribution in [3.05, 3.63) is 46.2 Å². The van der Waals surface area contributed by atoms with Crippen molar-refractivity contribution in [2.45, 2.75) is 39.3 Å². The molecule has 21 heavy (non-hydrogen) atoms. The zero-order chi connectivity index (χ0) is 15.1. The highest BCUT2D eigenvalue weighted by molar-refractivity contribution is 7.10. The molecule has 4 heteroatoms. The van der Waals surface area contributed by atoms with Crippen LogP contribution >= 0.6 is 11.3 Å². The molecule has 0 saturated carbocycles. The van der Waals surface area contributed by atoms with Gasteiger partial charge in [0.1, 0.15) is 0 Å². The highest BCUT2D eigenvalue weighted by atomic mass is 32.1. The van der Waals surface area contributed by atoms with Gasteiger partial charge < -0.3 is 15.2 Å². The average molecular weight is 305 g/mol. The van der Waals surface area contributed by atoms with Crippen molar-refractivity contribution in [3.63, 3.8) is 0 Å². The summed E-state index contributed by atoms with van der Waals surface area (Å²) in [6.45, 7) is 5.29. The third kappa shape index (κ3) is 4.22. The van der Waals surface area contributed by atoms with E-state index in [9.17, 15) is 5.11 Å². The lowest BCUT2D eigenvalue weighted by Crippen LogP contribution is -2.20. The summed E-state index contributed by atoms with van der Waals surface area (Å²) < 4.78 is 5.43. The molecule has 1 heterocycles. The molecule has 2 rings (SSSR count). The van der Waals surface area contributed by atoms with Crippen LogP contribution in [0, 0.1) is 0 Å². The fourth-order valence-corrected chi connectivity index (χ4v) is 3.18. The van der Waals surface area contributed by atoms with Gasteiger partial charge in [-0.25, -0.2) is 0 Å². The summed E-state index contributed by atoms with van der Waals surface area (Å²) in [5.74, 6) is 0.799. The molecule has 2 aromatic rings. The maximum atomic E-state index is 10.2. The van der Waals surface area contributed by atoms with E-state index >= 15 is 0 Å². The van der Waals surface area contributed by atoms with Gasteiger partial charge in [-0.3, -0.25) is 0 Å². The SMILES string of the molecule is CCCC(NCc1cccc(OCC)c1O)c1cccs1. The number of benzene rings is 1. The predicted molar refractivity (Wildman–Crippen MR) is 88.1 cm³/mol. The first-order valence-corrected chi connectivity index (χ1v) is 8.34. The van der Waals surface area contributed by atoms with Gasteiger partial charge in [0.05, 0.1) is 6.61 Å². The van der Waals surface area contributed by atoms with Crippen LogP contribution < -0.4 is 10.1 Å². The summed E-state index contributed by atoms with van der Waals surface area (Å²) in [7, 11) is 0. The summed E-state index contributed by atoms with van der Waals surface area (Å²) in [6, 6.07) is 10.2. The van der Waals surface area contributed by atoms with Crippen LogP contribution in [0.15, 0.2) is 35.7 Å². The van der Waals surface area contributed by atoms with Crippen LogP contribution in [0.2, 0.25) is 0 Å². The van der Waals surface area contributed by atoms with Crippen molar-refractivity contribution in [1.82, 2.24) is 5.32 Å². The molecule has 0 aliphatic rings. The van der Waals surface area contributed by atoms with Crippen LogP contribution in [0.5, 0.6) is 11.5 Å². The lowest BCUT2D eigenvalue weighted by molar-refractivity contribution is 0.316. The molecule has 0 amide bonds. The van der Waals surface area contributed by atoms with Crippen molar-refractivity contribution >= 4 is 11.3 Å². The maximum Gasteiger partial charge on any atom is 0.162 e. The molecule has 0 spiro atoms. The number of ether oxygens (including phenoxy) is 1. The molecule has 0 aliphatic heterocycles. The number of rotatable bonds is 8. The second-order valence-electron chi connectivity index (χ2n) is 4.93. The van der Waals surface area contributed by atoms with E-state index in [1.165, 1.54) is 4.88 Å². The van der Waals surface area contributed by atoms with Gasteiger partial charge in [0.2, 0.25) is 0 Å². The Balaban J connectivity index is 2.05. The second-order valence-corrected chi connectivity index (χ2v) is 5.91. The molecule has 0 fully saturated rings. The van der Waals surface area contributed by atoms with E-state index in [1.54, 1.807) is 17.4 Å². The quantitative estimate of drug-likeness (QED) is 0.755. The van der Waals surface area contributed by atoms with Gasteiger partial charge in [0.15, 0.2) is 11.5 Å². The maximum absolute atomic E-state index is 10.2. The van der Waals surface area contributed by atoms with Gasteiger partial charge >= 0.3 is 0 Å². The molecule has 1 aromatic carbocycles. The molecule has 1 atom stereocenters. The van der Waals surface area contributed by atoms with Crippen LogP contribution in [0.4, 0.5) is 0 Å². The van der Waals surface area contributed by atoms with E-state index < -0.39 is 0 Å². The van der Waals surface area contributed by atoms with E-state index in [0.717, 1.165) is 18.4 Å². The van der Waals surface area contributed by atoms with E-state index in [-0.39, 0.29) is 5.75 Å². The zero-order valence-corrected chi connectivity index (χ0v) is 13.5. The fraction of sp³-hybridized carbons (Fsp3) is 0.412. The van der Waals surface area contributed by atoms with Gasteiger partial charge in [-0.2, -0.15) is 0 Å². The smallest absolute Gasteiger partial charge is 0.162 e. The number of para-hydroxylation sites is 1. The van der Waals surface area contributed by atoms with Crippen LogP contribution in [0.3, 0.4) is 0 Å². The fourth-order valence-electron chi connectivity index (χ4n) is 2.34. The molecule has 114 valence electrons. The van der Waals surface area contributed by atoms with E-state index in [0.29, 0.717) is 24.9 Å². The van der Waals surface area contributed by atoms with Crippen molar-refractivity contribution < 1.29 is 9.84 Å². The summed E-state index contributed by atoms with van der Waals surface area (Å²) >= 11 is 1.77.